The van der Waals surface area contributed by atoms with E-state index in [2.05, 4.69) is 4.72 Å². The van der Waals surface area contributed by atoms with Gasteiger partial charge < -0.3 is 4.90 Å². The fourth-order valence-electron chi connectivity index (χ4n) is 2.83. The lowest BCUT2D eigenvalue weighted by molar-refractivity contribution is 0.0735. The number of rotatable bonds is 3. The smallest absolute Gasteiger partial charge is 0.255 e. The third kappa shape index (κ3) is 3.67. The third-order valence-corrected chi connectivity index (χ3v) is 6.18. The van der Waals surface area contributed by atoms with E-state index in [1.54, 1.807) is 35.2 Å². The van der Waals surface area contributed by atoms with Gasteiger partial charge in [0.05, 0.1) is 15.5 Å². The molecule has 0 aromatic heterocycles. The van der Waals surface area contributed by atoms with E-state index in [1.807, 2.05) is 0 Å². The van der Waals surface area contributed by atoms with Gasteiger partial charge in [-0.05, 0) is 54.9 Å². The van der Waals surface area contributed by atoms with Crippen LogP contribution in [0.4, 0.5) is 0 Å². The van der Waals surface area contributed by atoms with Crippen molar-refractivity contribution in [1.29, 1.82) is 0 Å². The van der Waals surface area contributed by atoms with Crippen molar-refractivity contribution in [3.63, 3.8) is 0 Å². The molecule has 0 atom stereocenters. The van der Waals surface area contributed by atoms with Crippen molar-refractivity contribution in [1.82, 2.24) is 9.62 Å². The van der Waals surface area contributed by atoms with Crippen LogP contribution in [0.15, 0.2) is 41.3 Å². The monoisotopic (exact) mass is 398 g/mol. The molecule has 8 heteroatoms. The summed E-state index contributed by atoms with van der Waals surface area (Å²) in [6.07, 6.45) is 0.659. The Hall–Kier alpha value is -1.60. The predicted molar refractivity (Wildman–Crippen MR) is 97.6 cm³/mol. The summed E-state index contributed by atoms with van der Waals surface area (Å²) < 4.78 is 26.3. The zero-order chi connectivity index (χ0) is 18.2. The molecule has 1 amide bonds. The summed E-state index contributed by atoms with van der Waals surface area (Å²) in [6.45, 7) is 0.878. The van der Waals surface area contributed by atoms with E-state index in [4.69, 9.17) is 23.2 Å². The molecule has 0 bridgehead atoms. The number of halogens is 2. The fraction of sp³-hybridized carbons (Fsp3) is 0.235. The van der Waals surface area contributed by atoms with Gasteiger partial charge in [-0.1, -0.05) is 29.3 Å². The maximum atomic E-state index is 12.7. The van der Waals surface area contributed by atoms with E-state index < -0.39 is 10.0 Å². The lowest BCUT2D eigenvalue weighted by Crippen LogP contribution is -2.36. The largest absolute Gasteiger partial charge is 0.334 e. The van der Waals surface area contributed by atoms with Crippen LogP contribution in [-0.4, -0.2) is 32.8 Å². The van der Waals surface area contributed by atoms with E-state index in [0.717, 1.165) is 11.1 Å². The molecule has 1 heterocycles. The Labute approximate surface area is 156 Å². The molecular formula is C17H16Cl2N2O3S. The van der Waals surface area contributed by atoms with Gasteiger partial charge in [-0.3, -0.25) is 4.79 Å². The Morgan fingerprint density at radius 3 is 2.56 bits per heavy atom. The summed E-state index contributed by atoms with van der Waals surface area (Å²) in [5.74, 6) is -0.200. The van der Waals surface area contributed by atoms with Crippen LogP contribution in [0.25, 0.3) is 0 Å². The average molecular weight is 399 g/mol. The SMILES string of the molecule is CNS(=O)(=O)c1ccc2c(c1)CN(C(=O)c1ccc(Cl)cc1Cl)CC2. The van der Waals surface area contributed by atoms with Gasteiger partial charge in [0.25, 0.3) is 5.91 Å². The van der Waals surface area contributed by atoms with Gasteiger partial charge in [0.15, 0.2) is 0 Å². The Kier molecular flexibility index (Phi) is 5.06. The van der Waals surface area contributed by atoms with Crippen LogP contribution in [0.1, 0.15) is 21.5 Å². The second-order valence-corrected chi connectivity index (χ2v) is 8.47. The van der Waals surface area contributed by atoms with Gasteiger partial charge in [-0.25, -0.2) is 13.1 Å². The number of hydrogen-bond acceptors (Lipinski definition) is 3. The zero-order valence-corrected chi connectivity index (χ0v) is 15.7. The lowest BCUT2D eigenvalue weighted by Gasteiger charge is -2.29. The molecular weight excluding hydrogens is 383 g/mol. The van der Waals surface area contributed by atoms with Crippen LogP contribution in [0.3, 0.4) is 0 Å². The molecule has 25 heavy (non-hydrogen) atoms. The van der Waals surface area contributed by atoms with Crippen molar-refractivity contribution in [2.75, 3.05) is 13.6 Å². The van der Waals surface area contributed by atoms with Crippen LogP contribution < -0.4 is 4.72 Å². The highest BCUT2D eigenvalue weighted by atomic mass is 35.5. The Morgan fingerprint density at radius 2 is 1.88 bits per heavy atom. The van der Waals surface area contributed by atoms with Crippen molar-refractivity contribution < 1.29 is 13.2 Å². The molecule has 2 aromatic rings. The van der Waals surface area contributed by atoms with Crippen molar-refractivity contribution in [3.05, 3.63) is 63.1 Å². The van der Waals surface area contributed by atoms with Crippen LogP contribution >= 0.6 is 23.2 Å². The highest BCUT2D eigenvalue weighted by Gasteiger charge is 2.24. The third-order valence-electron chi connectivity index (χ3n) is 4.22. The first-order chi connectivity index (χ1) is 11.8. The minimum Gasteiger partial charge on any atom is -0.334 e. The van der Waals surface area contributed by atoms with Crippen molar-refractivity contribution >= 4 is 39.1 Å². The molecule has 0 unspecified atom stereocenters. The second-order valence-electron chi connectivity index (χ2n) is 5.74. The number of sulfonamides is 1. The summed E-state index contributed by atoms with van der Waals surface area (Å²) in [5, 5.41) is 0.766. The van der Waals surface area contributed by atoms with Crippen molar-refractivity contribution in [2.24, 2.45) is 0 Å². The molecule has 5 nitrogen and oxygen atoms in total. The number of nitrogens with one attached hydrogen (secondary N) is 1. The number of benzene rings is 2. The second kappa shape index (κ2) is 6.96. The number of carbonyl (C=O) groups is 1. The minimum absolute atomic E-state index is 0.188. The summed E-state index contributed by atoms with van der Waals surface area (Å²) in [4.78, 5) is 14.6. The molecule has 0 aliphatic carbocycles. The van der Waals surface area contributed by atoms with E-state index in [-0.39, 0.29) is 10.8 Å². The van der Waals surface area contributed by atoms with Crippen molar-refractivity contribution in [3.8, 4) is 0 Å². The van der Waals surface area contributed by atoms with Gasteiger partial charge in [0, 0.05) is 18.1 Å². The highest BCUT2D eigenvalue weighted by Crippen LogP contribution is 2.26. The molecule has 1 aliphatic heterocycles. The number of amides is 1. The van der Waals surface area contributed by atoms with Gasteiger partial charge in [0.2, 0.25) is 10.0 Å². The molecule has 132 valence electrons. The number of fused-ring (bicyclic) bond motifs is 1. The Bertz CT molecular complexity index is 945. The number of carbonyl (C=O) groups excluding carboxylic acids is 1. The number of hydrogen-bond donors (Lipinski definition) is 1. The Morgan fingerprint density at radius 1 is 1.12 bits per heavy atom. The maximum Gasteiger partial charge on any atom is 0.255 e. The molecule has 0 fully saturated rings. The minimum atomic E-state index is -3.52. The van der Waals surface area contributed by atoms with Crippen molar-refractivity contribution in [2.45, 2.75) is 17.9 Å². The van der Waals surface area contributed by atoms with E-state index in [0.29, 0.717) is 35.1 Å². The van der Waals surface area contributed by atoms with Crippen LogP contribution in [0.2, 0.25) is 10.0 Å². The quantitative estimate of drug-likeness (QED) is 0.863. The topological polar surface area (TPSA) is 66.5 Å². The first-order valence-corrected chi connectivity index (χ1v) is 9.85. The fourth-order valence-corrected chi connectivity index (χ4v) is 4.09. The highest BCUT2D eigenvalue weighted by molar-refractivity contribution is 7.89. The predicted octanol–water partition coefficient (Wildman–Crippen LogP) is 3.10. The summed E-state index contributed by atoms with van der Waals surface area (Å²) in [5.41, 5.74) is 2.25. The summed E-state index contributed by atoms with van der Waals surface area (Å²) in [6, 6.07) is 9.76. The Balaban J connectivity index is 1.89. The standard InChI is InChI=1S/C17H16Cl2N2O3S/c1-20-25(23,24)14-4-2-11-6-7-21(10-12(11)8-14)17(22)15-5-3-13(18)9-16(15)19/h2-5,8-9,20H,6-7,10H2,1H3. The molecule has 1 aliphatic rings. The number of nitrogens with zero attached hydrogens (tertiary/aromatic N) is 1. The molecule has 0 spiro atoms. The molecule has 0 radical (unpaired) electrons. The maximum absolute atomic E-state index is 12.7. The normalized spacial score (nSPS) is 14.3. The summed E-state index contributed by atoms with van der Waals surface area (Å²) in [7, 11) is -2.15. The van der Waals surface area contributed by atoms with Gasteiger partial charge in [-0.15, -0.1) is 0 Å². The van der Waals surface area contributed by atoms with E-state index in [9.17, 15) is 13.2 Å². The summed E-state index contributed by atoms with van der Waals surface area (Å²) >= 11 is 12.0. The first kappa shape index (κ1) is 18.2. The van der Waals surface area contributed by atoms with Crippen LogP contribution in [-0.2, 0) is 23.0 Å². The molecule has 2 aromatic carbocycles. The zero-order valence-electron chi connectivity index (χ0n) is 13.4. The first-order valence-electron chi connectivity index (χ1n) is 7.61. The lowest BCUT2D eigenvalue weighted by atomic mass is 9.99. The average Bonchev–Trinajstić information content (AvgIpc) is 2.60. The van der Waals surface area contributed by atoms with Gasteiger partial charge in [0.1, 0.15) is 0 Å². The van der Waals surface area contributed by atoms with E-state index >= 15 is 0 Å². The van der Waals surface area contributed by atoms with Crippen LogP contribution in [0.5, 0.6) is 0 Å². The van der Waals surface area contributed by atoms with Gasteiger partial charge in [-0.2, -0.15) is 0 Å². The van der Waals surface area contributed by atoms with Crippen LogP contribution in [0, 0.1) is 0 Å². The molecule has 0 saturated heterocycles. The molecule has 0 saturated carbocycles. The molecule has 3 rings (SSSR count). The van der Waals surface area contributed by atoms with E-state index in [1.165, 1.54) is 13.1 Å². The molecule has 1 N–H and O–H groups in total. The van der Waals surface area contributed by atoms with Gasteiger partial charge >= 0.3 is 0 Å².